The van der Waals surface area contributed by atoms with Crippen molar-refractivity contribution in [3.8, 4) is 5.75 Å². The Morgan fingerprint density at radius 3 is 2.19 bits per heavy atom. The molecule has 0 saturated carbocycles. The summed E-state index contributed by atoms with van der Waals surface area (Å²) in [5, 5.41) is 13.6. The predicted octanol–water partition coefficient (Wildman–Crippen LogP) is 3.07. The van der Waals surface area contributed by atoms with Crippen LogP contribution >= 0.6 is 0 Å². The van der Waals surface area contributed by atoms with Crippen molar-refractivity contribution in [3.63, 3.8) is 0 Å². The molecule has 0 saturated heterocycles. The monoisotopic (exact) mass is 433 g/mol. The number of aromatic hydroxyl groups is 1. The van der Waals surface area contributed by atoms with E-state index < -0.39 is 11.2 Å². The van der Waals surface area contributed by atoms with Crippen LogP contribution in [0.3, 0.4) is 0 Å². The minimum atomic E-state index is -0.588. The summed E-state index contributed by atoms with van der Waals surface area (Å²) in [4.78, 5) is 27.6. The first-order chi connectivity index (χ1) is 15.6. The number of hydrogen-bond donors (Lipinski definition) is 2. The van der Waals surface area contributed by atoms with Crippen LogP contribution in [0, 0.1) is 0 Å². The van der Waals surface area contributed by atoms with Gasteiger partial charge in [0.1, 0.15) is 5.69 Å². The van der Waals surface area contributed by atoms with Gasteiger partial charge in [-0.1, -0.05) is 60.7 Å². The number of hydrogen-bond acceptors (Lipinski definition) is 5. The average molecular weight is 434 g/mol. The molecule has 7 nitrogen and oxygen atoms in total. The van der Waals surface area contributed by atoms with E-state index in [9.17, 15) is 14.7 Å². The largest absolute Gasteiger partial charge is 0.502 e. The molecule has 166 valence electrons. The first-order valence-electron chi connectivity index (χ1n) is 10.6. The van der Waals surface area contributed by atoms with Gasteiger partial charge in [0.15, 0.2) is 11.4 Å². The minimum Gasteiger partial charge on any atom is -0.502 e. The standard InChI is InChI=1S/C25H27N3O4/c1-26-19-15-28-20(16-27(13-14-32-2)25(31)22(28)24(30)23(19)29)21(17-9-5-3-6-10-17)18-11-7-4-8-12-18/h3-12,15,20-21,26,30H,13-14,16H2,1-2H3/t20-/m1/s1. The van der Waals surface area contributed by atoms with Crippen LogP contribution in [0.2, 0.25) is 0 Å². The maximum absolute atomic E-state index is 13.3. The van der Waals surface area contributed by atoms with Crippen molar-refractivity contribution in [1.82, 2.24) is 9.47 Å². The Hall–Kier alpha value is -3.58. The SMILES string of the molecule is CNc1cn2c(c(O)c1=O)C(=O)N(CCOC)C[C@@H]2C(c1ccccc1)c1ccccc1. The highest BCUT2D eigenvalue weighted by Crippen LogP contribution is 2.40. The van der Waals surface area contributed by atoms with Crippen LogP contribution in [0.15, 0.2) is 71.7 Å². The second-order valence-corrected chi connectivity index (χ2v) is 7.84. The Balaban J connectivity index is 1.95. The number of carbonyl (C=O) groups excluding carboxylic acids is 1. The van der Waals surface area contributed by atoms with E-state index in [2.05, 4.69) is 29.6 Å². The van der Waals surface area contributed by atoms with Crippen molar-refractivity contribution in [3.05, 3.63) is 93.9 Å². The van der Waals surface area contributed by atoms with Crippen LogP contribution in [0.5, 0.6) is 5.75 Å². The van der Waals surface area contributed by atoms with E-state index in [4.69, 9.17) is 4.74 Å². The summed E-state index contributed by atoms with van der Waals surface area (Å²) in [6, 6.07) is 19.9. The third-order valence-electron chi connectivity index (χ3n) is 6.00. The second kappa shape index (κ2) is 9.28. The first-order valence-corrected chi connectivity index (χ1v) is 10.6. The quantitative estimate of drug-likeness (QED) is 0.598. The highest BCUT2D eigenvalue weighted by molar-refractivity contribution is 5.96. The lowest BCUT2D eigenvalue weighted by Crippen LogP contribution is -2.47. The normalized spacial score (nSPS) is 15.7. The second-order valence-electron chi connectivity index (χ2n) is 7.84. The molecule has 0 bridgehead atoms. The molecule has 1 aliphatic heterocycles. The summed E-state index contributed by atoms with van der Waals surface area (Å²) >= 11 is 0. The van der Waals surface area contributed by atoms with E-state index in [1.54, 1.807) is 29.8 Å². The van der Waals surface area contributed by atoms with E-state index >= 15 is 0 Å². The molecular formula is C25H27N3O4. The van der Waals surface area contributed by atoms with Crippen LogP contribution < -0.4 is 10.7 Å². The molecular weight excluding hydrogens is 406 g/mol. The fraction of sp³-hybridized carbons (Fsp3) is 0.280. The molecule has 1 aromatic heterocycles. The van der Waals surface area contributed by atoms with Crippen LogP contribution in [0.1, 0.15) is 33.6 Å². The molecule has 32 heavy (non-hydrogen) atoms. The third kappa shape index (κ3) is 3.87. The van der Waals surface area contributed by atoms with Crippen molar-refractivity contribution in [2.24, 2.45) is 0 Å². The van der Waals surface area contributed by atoms with Crippen molar-refractivity contribution < 1.29 is 14.6 Å². The van der Waals surface area contributed by atoms with E-state index in [1.165, 1.54) is 0 Å². The van der Waals surface area contributed by atoms with E-state index in [-0.39, 0.29) is 29.2 Å². The molecule has 1 amide bonds. The minimum absolute atomic E-state index is 0.0122. The molecule has 4 rings (SSSR count). The Morgan fingerprint density at radius 1 is 1.06 bits per heavy atom. The number of rotatable bonds is 7. The average Bonchev–Trinajstić information content (AvgIpc) is 2.83. The number of benzene rings is 2. The van der Waals surface area contributed by atoms with Gasteiger partial charge >= 0.3 is 0 Å². The lowest BCUT2D eigenvalue weighted by Gasteiger charge is -2.40. The number of ether oxygens (including phenoxy) is 1. The Morgan fingerprint density at radius 2 is 1.66 bits per heavy atom. The number of nitrogens with one attached hydrogen (secondary N) is 1. The fourth-order valence-electron chi connectivity index (χ4n) is 4.44. The molecule has 2 heterocycles. The third-order valence-corrected chi connectivity index (χ3v) is 6.00. The zero-order valence-corrected chi connectivity index (χ0v) is 18.2. The van der Waals surface area contributed by atoms with E-state index in [0.29, 0.717) is 19.7 Å². The molecule has 3 aromatic rings. The highest BCUT2D eigenvalue weighted by Gasteiger charge is 2.39. The van der Waals surface area contributed by atoms with Crippen molar-refractivity contribution in [2.75, 3.05) is 39.2 Å². The number of amides is 1. The molecule has 0 fully saturated rings. The van der Waals surface area contributed by atoms with Crippen LogP contribution in [-0.2, 0) is 4.74 Å². The molecule has 1 atom stereocenters. The lowest BCUT2D eigenvalue weighted by atomic mass is 9.83. The topological polar surface area (TPSA) is 83.8 Å². The van der Waals surface area contributed by atoms with Crippen LogP contribution in [0.4, 0.5) is 5.69 Å². The van der Waals surface area contributed by atoms with Gasteiger partial charge in [-0.2, -0.15) is 0 Å². The number of methoxy groups -OCH3 is 1. The molecule has 0 radical (unpaired) electrons. The summed E-state index contributed by atoms with van der Waals surface area (Å²) < 4.78 is 6.96. The maximum Gasteiger partial charge on any atom is 0.274 e. The van der Waals surface area contributed by atoms with Gasteiger partial charge in [0.05, 0.1) is 12.6 Å². The zero-order valence-electron chi connectivity index (χ0n) is 18.2. The summed E-state index contributed by atoms with van der Waals surface area (Å²) in [6.45, 7) is 1.14. The van der Waals surface area contributed by atoms with Gasteiger partial charge in [-0.25, -0.2) is 0 Å². The van der Waals surface area contributed by atoms with Gasteiger partial charge in [-0.15, -0.1) is 0 Å². The van der Waals surface area contributed by atoms with E-state index in [0.717, 1.165) is 11.1 Å². The number of anilines is 1. The molecule has 0 spiro atoms. The molecule has 2 N–H and O–H groups in total. The number of pyridine rings is 1. The number of fused-ring (bicyclic) bond motifs is 1. The van der Waals surface area contributed by atoms with Crippen LogP contribution in [-0.4, -0.2) is 54.3 Å². The summed E-state index contributed by atoms with van der Waals surface area (Å²) in [7, 11) is 3.21. The molecule has 2 aromatic carbocycles. The zero-order chi connectivity index (χ0) is 22.7. The Bertz CT molecular complexity index is 1110. The lowest BCUT2D eigenvalue weighted by molar-refractivity contribution is 0.0583. The van der Waals surface area contributed by atoms with Crippen molar-refractivity contribution >= 4 is 11.6 Å². The fourth-order valence-corrected chi connectivity index (χ4v) is 4.44. The molecule has 7 heteroatoms. The number of nitrogens with zero attached hydrogens (tertiary/aromatic N) is 2. The molecule has 1 aliphatic rings. The highest BCUT2D eigenvalue weighted by atomic mass is 16.5. The van der Waals surface area contributed by atoms with Gasteiger partial charge in [0, 0.05) is 39.4 Å². The summed E-state index contributed by atoms with van der Waals surface area (Å²) in [5.41, 5.74) is 1.84. The van der Waals surface area contributed by atoms with Gasteiger partial charge in [-0.05, 0) is 11.1 Å². The predicted molar refractivity (Wildman–Crippen MR) is 123 cm³/mol. The Labute approximate surface area is 186 Å². The van der Waals surface area contributed by atoms with Gasteiger partial charge in [0.25, 0.3) is 5.91 Å². The summed E-state index contributed by atoms with van der Waals surface area (Å²) in [6.07, 6.45) is 1.65. The van der Waals surface area contributed by atoms with Crippen LogP contribution in [0.25, 0.3) is 0 Å². The van der Waals surface area contributed by atoms with Crippen molar-refractivity contribution in [1.29, 1.82) is 0 Å². The first kappa shape index (κ1) is 21.6. The van der Waals surface area contributed by atoms with Gasteiger partial charge in [-0.3, -0.25) is 9.59 Å². The summed E-state index contributed by atoms with van der Waals surface area (Å²) in [5.74, 6) is -1.02. The molecule has 0 unspecified atom stereocenters. The van der Waals surface area contributed by atoms with Gasteiger partial charge in [0.2, 0.25) is 5.43 Å². The van der Waals surface area contributed by atoms with Gasteiger partial charge < -0.3 is 24.6 Å². The number of carbonyl (C=O) groups is 1. The Kier molecular flexibility index (Phi) is 6.28. The van der Waals surface area contributed by atoms with E-state index in [1.807, 2.05) is 36.4 Å². The van der Waals surface area contributed by atoms with Crippen molar-refractivity contribution in [2.45, 2.75) is 12.0 Å². The smallest absolute Gasteiger partial charge is 0.274 e. The molecule has 0 aliphatic carbocycles. The number of aromatic nitrogens is 1. The maximum atomic E-state index is 13.3.